The van der Waals surface area contributed by atoms with Gasteiger partial charge in [0.05, 0.1) is 21.5 Å². The molecule has 2 aromatic carbocycles. The van der Waals surface area contributed by atoms with Gasteiger partial charge < -0.3 is 20.3 Å². The summed E-state index contributed by atoms with van der Waals surface area (Å²) in [7, 11) is -3.47. The number of ether oxygens (including phenoxy) is 1. The number of hydrogen-bond donors (Lipinski definition) is 2. The summed E-state index contributed by atoms with van der Waals surface area (Å²) in [6, 6.07) is 10.6. The Morgan fingerprint density at radius 1 is 1.02 bits per heavy atom. The van der Waals surface area contributed by atoms with Crippen LogP contribution in [0.25, 0.3) is 0 Å². The Balaban J connectivity index is 1.26. The highest BCUT2D eigenvalue weighted by Crippen LogP contribution is 2.37. The van der Waals surface area contributed by atoms with Gasteiger partial charge in [-0.2, -0.15) is 4.98 Å². The highest BCUT2D eigenvalue weighted by molar-refractivity contribution is 7.88. The number of piperazine rings is 1. The van der Waals surface area contributed by atoms with Gasteiger partial charge in [0.25, 0.3) is 5.91 Å². The fraction of sp³-hybridized carbons (Fsp3) is 0.370. The molecular formula is C27H29Cl2N7O4S. The Morgan fingerprint density at radius 3 is 2.49 bits per heavy atom. The van der Waals surface area contributed by atoms with Gasteiger partial charge in [0.1, 0.15) is 5.56 Å². The monoisotopic (exact) mass is 617 g/mol. The lowest BCUT2D eigenvalue weighted by atomic mass is 10.1. The molecule has 0 bridgehead atoms. The third kappa shape index (κ3) is 5.80. The number of hydrogen-bond acceptors (Lipinski definition) is 9. The zero-order chi connectivity index (χ0) is 28.6. The number of aromatic nitrogens is 2. The molecule has 4 heterocycles. The van der Waals surface area contributed by atoms with E-state index in [0.717, 1.165) is 44.7 Å². The number of rotatable bonds is 7. The summed E-state index contributed by atoms with van der Waals surface area (Å²) in [6.07, 6.45) is 3.15. The molecule has 2 saturated heterocycles. The number of amides is 1. The molecule has 0 spiro atoms. The summed E-state index contributed by atoms with van der Waals surface area (Å²) in [4.78, 5) is 25.5. The second-order valence-electron chi connectivity index (χ2n) is 10.1. The molecule has 3 aromatic rings. The van der Waals surface area contributed by atoms with Crippen LogP contribution < -0.4 is 25.2 Å². The number of fused-ring (bicyclic) bond motifs is 1. The summed E-state index contributed by atoms with van der Waals surface area (Å²) in [5.74, 6) is -0.141. The Morgan fingerprint density at radius 2 is 1.76 bits per heavy atom. The normalized spacial score (nSPS) is 17.9. The average molecular weight is 619 g/mol. The SMILES string of the molecule is O=C1c2cnc(Nc3ccc(N4CCNCC4)c(CS(=O)(=O)N4CCCC4)c3)nc2OCN1c1c(Cl)cccc1Cl. The Kier molecular flexibility index (Phi) is 7.92. The highest BCUT2D eigenvalue weighted by Gasteiger charge is 2.32. The van der Waals surface area contributed by atoms with Gasteiger partial charge in [0.15, 0.2) is 6.73 Å². The predicted octanol–water partition coefficient (Wildman–Crippen LogP) is 3.86. The van der Waals surface area contributed by atoms with E-state index in [2.05, 4.69) is 25.5 Å². The first-order chi connectivity index (χ1) is 19.8. The number of carbonyl (C=O) groups excluding carboxylic acids is 1. The van der Waals surface area contributed by atoms with E-state index >= 15 is 0 Å². The largest absolute Gasteiger partial charge is 0.455 e. The summed E-state index contributed by atoms with van der Waals surface area (Å²) in [5.41, 5.74) is 2.76. The van der Waals surface area contributed by atoms with Crippen LogP contribution in [-0.2, 0) is 15.8 Å². The van der Waals surface area contributed by atoms with Crippen molar-refractivity contribution in [1.82, 2.24) is 19.6 Å². The maximum absolute atomic E-state index is 13.3. The number of nitrogens with one attached hydrogen (secondary N) is 2. The molecule has 11 nitrogen and oxygen atoms in total. The van der Waals surface area contributed by atoms with Gasteiger partial charge in [0, 0.05) is 56.8 Å². The van der Waals surface area contributed by atoms with Crippen molar-refractivity contribution in [3.05, 3.63) is 63.8 Å². The molecule has 1 aromatic heterocycles. The average Bonchev–Trinajstić information content (AvgIpc) is 3.51. The van der Waals surface area contributed by atoms with E-state index in [1.54, 1.807) is 22.5 Å². The second-order valence-corrected chi connectivity index (χ2v) is 12.8. The predicted molar refractivity (Wildman–Crippen MR) is 159 cm³/mol. The molecule has 14 heteroatoms. The van der Waals surface area contributed by atoms with Gasteiger partial charge in [0.2, 0.25) is 21.9 Å². The van der Waals surface area contributed by atoms with Crippen molar-refractivity contribution in [1.29, 1.82) is 0 Å². The highest BCUT2D eigenvalue weighted by atomic mass is 35.5. The molecule has 3 aliphatic heterocycles. The van der Waals surface area contributed by atoms with E-state index < -0.39 is 10.0 Å². The number of sulfonamides is 1. The van der Waals surface area contributed by atoms with Crippen LogP contribution in [0, 0.1) is 0 Å². The van der Waals surface area contributed by atoms with Gasteiger partial charge >= 0.3 is 0 Å². The van der Waals surface area contributed by atoms with Crippen molar-refractivity contribution < 1.29 is 17.9 Å². The number of halogens is 2. The van der Waals surface area contributed by atoms with Crippen LogP contribution in [-0.4, -0.2) is 74.6 Å². The molecule has 0 aliphatic carbocycles. The van der Waals surface area contributed by atoms with Gasteiger partial charge in [-0.15, -0.1) is 0 Å². The van der Waals surface area contributed by atoms with E-state index in [-0.39, 0.29) is 35.8 Å². The molecule has 2 N–H and O–H groups in total. The molecule has 1 amide bonds. The molecule has 0 unspecified atom stereocenters. The van der Waals surface area contributed by atoms with Gasteiger partial charge in [-0.25, -0.2) is 17.7 Å². The third-order valence-electron chi connectivity index (χ3n) is 7.36. The molecule has 2 fully saturated rings. The Bertz CT molecular complexity index is 1560. The summed E-state index contributed by atoms with van der Waals surface area (Å²) in [6.45, 7) is 4.25. The van der Waals surface area contributed by atoms with Crippen LogP contribution >= 0.6 is 23.2 Å². The minimum Gasteiger partial charge on any atom is -0.455 e. The Labute approximate surface area is 248 Å². The summed E-state index contributed by atoms with van der Waals surface area (Å²) in [5, 5.41) is 7.13. The van der Waals surface area contributed by atoms with E-state index in [4.69, 9.17) is 27.9 Å². The Hall–Kier alpha value is -3.16. The molecule has 216 valence electrons. The van der Waals surface area contributed by atoms with Crippen molar-refractivity contribution in [3.8, 4) is 5.88 Å². The number of para-hydroxylation sites is 1. The molecule has 6 rings (SSSR count). The topological polar surface area (TPSA) is 120 Å². The number of benzene rings is 2. The van der Waals surface area contributed by atoms with Crippen LogP contribution in [0.2, 0.25) is 10.0 Å². The minimum atomic E-state index is -3.47. The maximum atomic E-state index is 13.3. The first-order valence-corrected chi connectivity index (χ1v) is 15.8. The smallest absolute Gasteiger partial charge is 0.268 e. The van der Waals surface area contributed by atoms with Crippen molar-refractivity contribution >= 4 is 62.1 Å². The van der Waals surface area contributed by atoms with Crippen LogP contribution in [0.5, 0.6) is 5.88 Å². The second kappa shape index (κ2) is 11.6. The minimum absolute atomic E-state index is 0.0924. The van der Waals surface area contributed by atoms with E-state index in [1.807, 2.05) is 18.2 Å². The molecule has 0 radical (unpaired) electrons. The first kappa shape index (κ1) is 28.0. The van der Waals surface area contributed by atoms with E-state index in [1.165, 1.54) is 11.1 Å². The number of anilines is 4. The summed E-state index contributed by atoms with van der Waals surface area (Å²) < 4.78 is 33.9. The molecular weight excluding hydrogens is 589 g/mol. The van der Waals surface area contributed by atoms with Crippen molar-refractivity contribution in [3.63, 3.8) is 0 Å². The fourth-order valence-corrected chi connectivity index (χ4v) is 7.52. The quantitative estimate of drug-likeness (QED) is 0.407. The lowest BCUT2D eigenvalue weighted by Gasteiger charge is -2.31. The lowest BCUT2D eigenvalue weighted by molar-refractivity contribution is 0.0932. The molecule has 41 heavy (non-hydrogen) atoms. The first-order valence-electron chi connectivity index (χ1n) is 13.4. The van der Waals surface area contributed by atoms with Crippen molar-refractivity contribution in [2.24, 2.45) is 0 Å². The number of nitrogens with zero attached hydrogens (tertiary/aromatic N) is 5. The number of carbonyl (C=O) groups is 1. The maximum Gasteiger partial charge on any atom is 0.268 e. The standard InChI is InChI=1S/C27H29Cl2N7O4S/c28-21-4-3-5-22(29)24(21)36-17-40-25-20(26(36)37)15-31-27(33-25)32-19-6-7-23(34-12-8-30-9-13-34)18(14-19)16-41(38,39)35-10-1-2-11-35/h3-7,14-15,30H,1-2,8-13,16-17H2,(H,31,32,33). The van der Waals surface area contributed by atoms with Crippen LogP contribution in [0.3, 0.4) is 0 Å². The van der Waals surface area contributed by atoms with E-state index in [0.29, 0.717) is 40.1 Å². The molecule has 0 saturated carbocycles. The van der Waals surface area contributed by atoms with Gasteiger partial charge in [-0.05, 0) is 48.7 Å². The van der Waals surface area contributed by atoms with Gasteiger partial charge in [-0.1, -0.05) is 29.3 Å². The third-order valence-corrected chi connectivity index (χ3v) is 9.79. The van der Waals surface area contributed by atoms with Crippen LogP contribution in [0.15, 0.2) is 42.6 Å². The van der Waals surface area contributed by atoms with E-state index in [9.17, 15) is 13.2 Å². The zero-order valence-corrected chi connectivity index (χ0v) is 24.5. The van der Waals surface area contributed by atoms with Crippen LogP contribution in [0.4, 0.5) is 23.0 Å². The summed E-state index contributed by atoms with van der Waals surface area (Å²) >= 11 is 12.6. The van der Waals surface area contributed by atoms with Gasteiger partial charge in [-0.3, -0.25) is 9.69 Å². The van der Waals surface area contributed by atoms with Crippen LogP contribution in [0.1, 0.15) is 28.8 Å². The fourth-order valence-electron chi connectivity index (χ4n) is 5.30. The van der Waals surface area contributed by atoms with Crippen molar-refractivity contribution in [2.75, 3.05) is 61.1 Å². The van der Waals surface area contributed by atoms with Crippen molar-refractivity contribution in [2.45, 2.75) is 18.6 Å². The lowest BCUT2D eigenvalue weighted by Crippen LogP contribution is -2.44. The zero-order valence-electron chi connectivity index (χ0n) is 22.1. The molecule has 3 aliphatic rings. The molecule has 0 atom stereocenters.